The summed E-state index contributed by atoms with van der Waals surface area (Å²) in [5, 5.41) is 7.39. The standard InChI is InChI=1S/C16H23N5O/c1-19-4-6-21(16(19)22)7-5-20-10-13-3-2-12(9-15(17)18)8-14(13)11-20/h2-3,8H,4-7,9-11H2,1H3,(H3,17,18). The van der Waals surface area contributed by atoms with Crippen LogP contribution in [0.2, 0.25) is 0 Å². The number of hydrogen-bond acceptors (Lipinski definition) is 3. The SMILES string of the molecule is CN1CCN(CCN2Cc3ccc(CC(=N)N)cc3C2)C1=O. The highest BCUT2D eigenvalue weighted by Gasteiger charge is 2.26. The lowest BCUT2D eigenvalue weighted by molar-refractivity contribution is 0.187. The van der Waals surface area contributed by atoms with Crippen molar-refractivity contribution in [1.29, 1.82) is 5.41 Å². The van der Waals surface area contributed by atoms with Crippen LogP contribution in [0.15, 0.2) is 18.2 Å². The van der Waals surface area contributed by atoms with Crippen molar-refractivity contribution in [3.8, 4) is 0 Å². The van der Waals surface area contributed by atoms with Gasteiger partial charge in [0.1, 0.15) is 0 Å². The zero-order chi connectivity index (χ0) is 15.7. The molecule has 1 fully saturated rings. The zero-order valence-electron chi connectivity index (χ0n) is 13.0. The van der Waals surface area contributed by atoms with E-state index in [0.29, 0.717) is 6.42 Å². The molecular weight excluding hydrogens is 278 g/mol. The maximum Gasteiger partial charge on any atom is 0.319 e. The van der Waals surface area contributed by atoms with Gasteiger partial charge in [0, 0.05) is 52.7 Å². The minimum absolute atomic E-state index is 0.139. The van der Waals surface area contributed by atoms with E-state index in [4.69, 9.17) is 11.1 Å². The minimum Gasteiger partial charge on any atom is -0.387 e. The van der Waals surface area contributed by atoms with Crippen LogP contribution in [0.5, 0.6) is 0 Å². The molecule has 3 N–H and O–H groups in total. The second kappa shape index (κ2) is 5.96. The predicted molar refractivity (Wildman–Crippen MR) is 85.8 cm³/mol. The molecule has 0 radical (unpaired) electrons. The lowest BCUT2D eigenvalue weighted by Crippen LogP contribution is -2.35. The van der Waals surface area contributed by atoms with Gasteiger partial charge in [-0.05, 0) is 16.7 Å². The molecule has 1 aromatic rings. The van der Waals surface area contributed by atoms with Crippen molar-refractivity contribution < 1.29 is 4.79 Å². The monoisotopic (exact) mass is 301 g/mol. The quantitative estimate of drug-likeness (QED) is 0.625. The molecule has 0 atom stereocenters. The maximum atomic E-state index is 11.9. The fourth-order valence-electron chi connectivity index (χ4n) is 3.18. The molecule has 2 aliphatic heterocycles. The molecule has 0 bridgehead atoms. The Balaban J connectivity index is 1.55. The summed E-state index contributed by atoms with van der Waals surface area (Å²) in [4.78, 5) is 17.9. The van der Waals surface area contributed by atoms with Crippen LogP contribution in [0, 0.1) is 5.41 Å². The third-order valence-electron chi connectivity index (χ3n) is 4.44. The second-order valence-corrected chi connectivity index (χ2v) is 6.21. The number of amidine groups is 1. The highest BCUT2D eigenvalue weighted by Crippen LogP contribution is 2.24. The van der Waals surface area contributed by atoms with Gasteiger partial charge in [0.25, 0.3) is 0 Å². The average Bonchev–Trinajstić information content (AvgIpc) is 3.00. The van der Waals surface area contributed by atoms with Gasteiger partial charge in [-0.25, -0.2) is 4.79 Å². The first-order valence-electron chi connectivity index (χ1n) is 7.69. The average molecular weight is 301 g/mol. The number of carbonyl (C=O) groups excluding carboxylic acids is 1. The van der Waals surface area contributed by atoms with Gasteiger partial charge in [-0.15, -0.1) is 0 Å². The van der Waals surface area contributed by atoms with Gasteiger partial charge < -0.3 is 15.5 Å². The molecule has 2 aliphatic rings. The normalized spacial score (nSPS) is 18.1. The van der Waals surface area contributed by atoms with Crippen molar-refractivity contribution in [1.82, 2.24) is 14.7 Å². The van der Waals surface area contributed by atoms with Gasteiger partial charge in [-0.1, -0.05) is 18.2 Å². The molecule has 3 rings (SSSR count). The molecule has 0 aromatic heterocycles. The van der Waals surface area contributed by atoms with Crippen LogP contribution in [0.3, 0.4) is 0 Å². The smallest absolute Gasteiger partial charge is 0.319 e. The summed E-state index contributed by atoms with van der Waals surface area (Å²) in [6, 6.07) is 6.50. The molecule has 1 saturated heterocycles. The Bertz CT molecular complexity index is 600. The number of nitrogens with one attached hydrogen (secondary N) is 1. The number of fused-ring (bicyclic) bond motifs is 1. The molecule has 2 amide bonds. The Morgan fingerprint density at radius 2 is 2.00 bits per heavy atom. The summed E-state index contributed by atoms with van der Waals surface area (Å²) in [5.74, 6) is 0.200. The summed E-state index contributed by atoms with van der Waals surface area (Å²) >= 11 is 0. The van der Waals surface area contributed by atoms with E-state index in [-0.39, 0.29) is 11.9 Å². The molecule has 22 heavy (non-hydrogen) atoms. The van der Waals surface area contributed by atoms with E-state index >= 15 is 0 Å². The lowest BCUT2D eigenvalue weighted by Gasteiger charge is -2.20. The minimum atomic E-state index is 0.139. The van der Waals surface area contributed by atoms with Crippen molar-refractivity contribution in [3.05, 3.63) is 34.9 Å². The van der Waals surface area contributed by atoms with Gasteiger partial charge in [-0.3, -0.25) is 10.3 Å². The van der Waals surface area contributed by atoms with Crippen LogP contribution < -0.4 is 5.73 Å². The van der Waals surface area contributed by atoms with E-state index in [0.717, 1.165) is 44.8 Å². The van der Waals surface area contributed by atoms with E-state index in [9.17, 15) is 4.79 Å². The van der Waals surface area contributed by atoms with Crippen LogP contribution in [0.1, 0.15) is 16.7 Å². The molecule has 1 aromatic carbocycles. The van der Waals surface area contributed by atoms with Gasteiger partial charge in [0.2, 0.25) is 0 Å². The van der Waals surface area contributed by atoms with Gasteiger partial charge >= 0.3 is 6.03 Å². The number of amides is 2. The number of likely N-dealkylation sites (N-methyl/N-ethyl adjacent to an activating group) is 1. The molecular formula is C16H23N5O. The highest BCUT2D eigenvalue weighted by molar-refractivity contribution is 5.79. The van der Waals surface area contributed by atoms with Crippen LogP contribution in [-0.2, 0) is 19.5 Å². The van der Waals surface area contributed by atoms with Crippen LogP contribution in [0.4, 0.5) is 4.79 Å². The summed E-state index contributed by atoms with van der Waals surface area (Å²) in [5.41, 5.74) is 9.24. The molecule has 0 unspecified atom stereocenters. The Hall–Kier alpha value is -2.08. The fourth-order valence-corrected chi connectivity index (χ4v) is 3.18. The first kappa shape index (κ1) is 14.8. The molecule has 118 valence electrons. The number of rotatable bonds is 5. The van der Waals surface area contributed by atoms with Gasteiger partial charge in [0.15, 0.2) is 0 Å². The van der Waals surface area contributed by atoms with Crippen LogP contribution >= 0.6 is 0 Å². The Morgan fingerprint density at radius 1 is 1.23 bits per heavy atom. The highest BCUT2D eigenvalue weighted by atomic mass is 16.2. The summed E-state index contributed by atoms with van der Waals surface area (Å²) < 4.78 is 0. The van der Waals surface area contributed by atoms with Crippen molar-refractivity contribution in [2.45, 2.75) is 19.5 Å². The number of urea groups is 1. The predicted octanol–water partition coefficient (Wildman–Crippen LogP) is 0.848. The largest absolute Gasteiger partial charge is 0.387 e. The van der Waals surface area contributed by atoms with Gasteiger partial charge in [0.05, 0.1) is 5.84 Å². The third kappa shape index (κ3) is 3.06. The van der Waals surface area contributed by atoms with Crippen LogP contribution in [-0.4, -0.2) is 59.8 Å². The molecule has 6 nitrogen and oxygen atoms in total. The summed E-state index contributed by atoms with van der Waals surface area (Å²) in [6.07, 6.45) is 0.516. The van der Waals surface area contributed by atoms with Crippen LogP contribution in [0.25, 0.3) is 0 Å². The van der Waals surface area contributed by atoms with E-state index in [1.54, 1.807) is 4.90 Å². The Morgan fingerprint density at radius 3 is 2.68 bits per heavy atom. The first-order valence-corrected chi connectivity index (χ1v) is 7.69. The van der Waals surface area contributed by atoms with Crippen molar-refractivity contribution in [3.63, 3.8) is 0 Å². The van der Waals surface area contributed by atoms with E-state index in [2.05, 4.69) is 23.1 Å². The topological polar surface area (TPSA) is 76.7 Å². The third-order valence-corrected chi connectivity index (χ3v) is 4.44. The van der Waals surface area contributed by atoms with Crippen molar-refractivity contribution >= 4 is 11.9 Å². The van der Waals surface area contributed by atoms with Crippen molar-refractivity contribution in [2.24, 2.45) is 5.73 Å². The molecule has 0 spiro atoms. The van der Waals surface area contributed by atoms with Crippen molar-refractivity contribution in [2.75, 3.05) is 33.2 Å². The Kier molecular flexibility index (Phi) is 4.02. The Labute approximate surface area is 131 Å². The van der Waals surface area contributed by atoms with Gasteiger partial charge in [-0.2, -0.15) is 0 Å². The number of carbonyl (C=O) groups is 1. The molecule has 2 heterocycles. The second-order valence-electron chi connectivity index (χ2n) is 6.21. The number of nitrogens with two attached hydrogens (primary N) is 1. The molecule has 6 heteroatoms. The zero-order valence-corrected chi connectivity index (χ0v) is 13.0. The number of hydrogen-bond donors (Lipinski definition) is 2. The first-order chi connectivity index (χ1) is 10.5. The van der Waals surface area contributed by atoms with E-state index < -0.39 is 0 Å². The van der Waals surface area contributed by atoms with E-state index in [1.165, 1.54) is 11.1 Å². The summed E-state index contributed by atoms with van der Waals surface area (Å²) in [6.45, 7) is 5.20. The fraction of sp³-hybridized carbons (Fsp3) is 0.500. The number of nitrogens with zero attached hydrogens (tertiary/aromatic N) is 3. The number of benzene rings is 1. The van der Waals surface area contributed by atoms with E-state index in [1.807, 2.05) is 11.9 Å². The molecule has 0 saturated carbocycles. The maximum absolute atomic E-state index is 11.9. The lowest BCUT2D eigenvalue weighted by atomic mass is 10.0. The summed E-state index contributed by atoms with van der Waals surface area (Å²) in [7, 11) is 1.85. The molecule has 0 aliphatic carbocycles.